The summed E-state index contributed by atoms with van der Waals surface area (Å²) in [6, 6.07) is 28.3. The molecule has 2 N–H and O–H groups in total. The van der Waals surface area contributed by atoms with Gasteiger partial charge >= 0.3 is 0 Å². The van der Waals surface area contributed by atoms with Crippen LogP contribution in [-0.4, -0.2) is 55.1 Å². The molecule has 1 aliphatic rings. The van der Waals surface area contributed by atoms with Gasteiger partial charge in [0.15, 0.2) is 0 Å². The molecule has 34 heavy (non-hydrogen) atoms. The van der Waals surface area contributed by atoms with Gasteiger partial charge in [-0.25, -0.2) is 0 Å². The van der Waals surface area contributed by atoms with E-state index in [1.807, 2.05) is 66.7 Å². The fourth-order valence-electron chi connectivity index (χ4n) is 4.12. The predicted molar refractivity (Wildman–Crippen MR) is 132 cm³/mol. The van der Waals surface area contributed by atoms with E-state index in [4.69, 9.17) is 4.74 Å². The first-order valence-corrected chi connectivity index (χ1v) is 11.7. The van der Waals surface area contributed by atoms with E-state index in [0.29, 0.717) is 25.1 Å². The fraction of sp³-hybridized carbons (Fsp3) is 0.286. The first-order valence-electron chi connectivity index (χ1n) is 11.7. The van der Waals surface area contributed by atoms with Crippen LogP contribution in [0.5, 0.6) is 0 Å². The van der Waals surface area contributed by atoms with Crippen molar-refractivity contribution >= 4 is 11.8 Å². The van der Waals surface area contributed by atoms with Crippen molar-refractivity contribution in [2.75, 3.05) is 26.2 Å². The lowest BCUT2D eigenvalue weighted by molar-refractivity contribution is -0.124. The standard InChI is InChI=1S/C28H31N3O3/c32-27(24-14-8-3-9-15-24)30-26(18-22-10-4-1-5-11-22)28(33)29-19-25-21-31(16-17-34-25)20-23-12-6-2-7-13-23/h1-15,25-26H,16-21H2,(H,29,33)(H,30,32)/t25-,26+/m1/s1. The third-order valence-electron chi connectivity index (χ3n) is 5.92. The summed E-state index contributed by atoms with van der Waals surface area (Å²) in [6.45, 7) is 3.50. The van der Waals surface area contributed by atoms with Crippen LogP contribution in [0.1, 0.15) is 21.5 Å². The van der Waals surface area contributed by atoms with Gasteiger partial charge in [-0.1, -0.05) is 78.9 Å². The van der Waals surface area contributed by atoms with Gasteiger partial charge in [0, 0.05) is 38.2 Å². The molecule has 0 unspecified atom stereocenters. The number of amides is 2. The van der Waals surface area contributed by atoms with Crippen LogP contribution in [-0.2, 0) is 22.5 Å². The van der Waals surface area contributed by atoms with Crippen LogP contribution in [0, 0.1) is 0 Å². The van der Waals surface area contributed by atoms with Crippen LogP contribution < -0.4 is 10.6 Å². The number of benzene rings is 3. The van der Waals surface area contributed by atoms with Crippen molar-refractivity contribution in [3.8, 4) is 0 Å². The fourth-order valence-corrected chi connectivity index (χ4v) is 4.12. The van der Waals surface area contributed by atoms with Gasteiger partial charge in [0.2, 0.25) is 5.91 Å². The van der Waals surface area contributed by atoms with Gasteiger partial charge in [-0.2, -0.15) is 0 Å². The molecular weight excluding hydrogens is 426 g/mol. The average Bonchev–Trinajstić information content (AvgIpc) is 2.89. The molecular formula is C28H31N3O3. The molecule has 6 nitrogen and oxygen atoms in total. The molecule has 2 atom stereocenters. The Labute approximate surface area is 200 Å². The summed E-state index contributed by atoms with van der Waals surface area (Å²) < 4.78 is 5.90. The number of rotatable bonds is 9. The highest BCUT2D eigenvalue weighted by Crippen LogP contribution is 2.11. The minimum absolute atomic E-state index is 0.0939. The lowest BCUT2D eigenvalue weighted by Gasteiger charge is -2.33. The topological polar surface area (TPSA) is 70.7 Å². The lowest BCUT2D eigenvalue weighted by Crippen LogP contribution is -2.52. The maximum Gasteiger partial charge on any atom is 0.251 e. The molecule has 1 saturated heterocycles. The SMILES string of the molecule is O=C(N[C@@H](Cc1ccccc1)C(=O)NC[C@@H]1CN(Cc2ccccc2)CCO1)c1ccccc1. The molecule has 1 aliphatic heterocycles. The van der Waals surface area contributed by atoms with Crippen LogP contribution >= 0.6 is 0 Å². The number of carbonyl (C=O) groups is 2. The number of carbonyl (C=O) groups excluding carboxylic acids is 2. The second-order valence-electron chi connectivity index (χ2n) is 8.54. The highest BCUT2D eigenvalue weighted by atomic mass is 16.5. The van der Waals surface area contributed by atoms with Crippen molar-refractivity contribution in [2.24, 2.45) is 0 Å². The Kier molecular flexibility index (Phi) is 8.43. The summed E-state index contributed by atoms with van der Waals surface area (Å²) in [5.74, 6) is -0.475. The maximum atomic E-state index is 13.1. The largest absolute Gasteiger partial charge is 0.374 e. The second kappa shape index (κ2) is 12.1. The van der Waals surface area contributed by atoms with E-state index >= 15 is 0 Å². The monoisotopic (exact) mass is 457 g/mol. The molecule has 0 radical (unpaired) electrons. The minimum atomic E-state index is -0.681. The Bertz CT molecular complexity index is 1040. The molecule has 4 rings (SSSR count). The Morgan fingerprint density at radius 1 is 0.882 bits per heavy atom. The molecule has 0 aliphatic carbocycles. The van der Waals surface area contributed by atoms with Crippen molar-refractivity contribution < 1.29 is 14.3 Å². The Balaban J connectivity index is 1.35. The molecule has 0 aromatic heterocycles. The summed E-state index contributed by atoms with van der Waals surface area (Å²) in [4.78, 5) is 28.2. The van der Waals surface area contributed by atoms with Crippen LogP contribution in [0.3, 0.4) is 0 Å². The Morgan fingerprint density at radius 2 is 1.50 bits per heavy atom. The smallest absolute Gasteiger partial charge is 0.251 e. The molecule has 0 bridgehead atoms. The zero-order valence-corrected chi connectivity index (χ0v) is 19.2. The predicted octanol–water partition coefficient (Wildman–Crippen LogP) is 3.04. The molecule has 0 saturated carbocycles. The van der Waals surface area contributed by atoms with Crippen LogP contribution in [0.4, 0.5) is 0 Å². The molecule has 1 fully saturated rings. The van der Waals surface area contributed by atoms with Crippen molar-refractivity contribution in [1.82, 2.24) is 15.5 Å². The molecule has 0 spiro atoms. The highest BCUT2D eigenvalue weighted by Gasteiger charge is 2.25. The van der Waals surface area contributed by atoms with Crippen LogP contribution in [0.2, 0.25) is 0 Å². The van der Waals surface area contributed by atoms with Gasteiger partial charge in [-0.05, 0) is 23.3 Å². The quantitative estimate of drug-likeness (QED) is 0.518. The lowest BCUT2D eigenvalue weighted by atomic mass is 10.0. The molecule has 6 heteroatoms. The van der Waals surface area contributed by atoms with Crippen molar-refractivity contribution in [2.45, 2.75) is 25.1 Å². The highest BCUT2D eigenvalue weighted by molar-refractivity contribution is 5.97. The summed E-state index contributed by atoms with van der Waals surface area (Å²) >= 11 is 0. The Morgan fingerprint density at radius 3 is 2.18 bits per heavy atom. The maximum absolute atomic E-state index is 13.1. The van der Waals surface area contributed by atoms with E-state index in [0.717, 1.165) is 25.2 Å². The molecule has 2 amide bonds. The number of nitrogens with zero attached hydrogens (tertiary/aromatic N) is 1. The molecule has 3 aromatic carbocycles. The second-order valence-corrected chi connectivity index (χ2v) is 8.54. The Hall–Kier alpha value is -3.48. The van der Waals surface area contributed by atoms with E-state index < -0.39 is 6.04 Å². The van der Waals surface area contributed by atoms with Gasteiger partial charge in [0.1, 0.15) is 6.04 Å². The normalized spacial score (nSPS) is 17.0. The van der Waals surface area contributed by atoms with E-state index in [1.54, 1.807) is 12.1 Å². The van der Waals surface area contributed by atoms with Crippen molar-refractivity contribution in [3.05, 3.63) is 108 Å². The molecule has 1 heterocycles. The molecule has 176 valence electrons. The van der Waals surface area contributed by atoms with E-state index in [9.17, 15) is 9.59 Å². The minimum Gasteiger partial charge on any atom is -0.374 e. The number of hydrogen-bond donors (Lipinski definition) is 2. The third kappa shape index (κ3) is 7.01. The summed E-state index contributed by atoms with van der Waals surface area (Å²) in [7, 11) is 0. The zero-order chi connectivity index (χ0) is 23.6. The van der Waals surface area contributed by atoms with Crippen LogP contribution in [0.25, 0.3) is 0 Å². The van der Waals surface area contributed by atoms with Gasteiger partial charge < -0.3 is 15.4 Å². The first kappa shape index (κ1) is 23.7. The van der Waals surface area contributed by atoms with E-state index in [-0.39, 0.29) is 17.9 Å². The van der Waals surface area contributed by atoms with Gasteiger partial charge in [-0.15, -0.1) is 0 Å². The molecule has 3 aromatic rings. The van der Waals surface area contributed by atoms with Gasteiger partial charge in [0.25, 0.3) is 5.91 Å². The van der Waals surface area contributed by atoms with Gasteiger partial charge in [-0.3, -0.25) is 14.5 Å². The first-order chi connectivity index (χ1) is 16.7. The van der Waals surface area contributed by atoms with Crippen molar-refractivity contribution in [3.63, 3.8) is 0 Å². The average molecular weight is 458 g/mol. The van der Waals surface area contributed by atoms with Crippen LogP contribution in [0.15, 0.2) is 91.0 Å². The van der Waals surface area contributed by atoms with E-state index in [2.05, 4.69) is 27.7 Å². The number of morpholine rings is 1. The van der Waals surface area contributed by atoms with Crippen molar-refractivity contribution in [1.29, 1.82) is 0 Å². The summed E-state index contributed by atoms with van der Waals surface area (Å²) in [5, 5.41) is 5.92. The van der Waals surface area contributed by atoms with E-state index in [1.165, 1.54) is 5.56 Å². The van der Waals surface area contributed by atoms with Gasteiger partial charge in [0.05, 0.1) is 12.7 Å². The zero-order valence-electron chi connectivity index (χ0n) is 19.2. The summed E-state index contributed by atoms with van der Waals surface area (Å²) in [6.07, 6.45) is 0.320. The summed E-state index contributed by atoms with van der Waals surface area (Å²) in [5.41, 5.74) is 2.78. The number of nitrogens with one attached hydrogen (secondary N) is 2. The number of ether oxygens (including phenoxy) is 1. The number of hydrogen-bond acceptors (Lipinski definition) is 4. The third-order valence-corrected chi connectivity index (χ3v) is 5.92.